The minimum absolute atomic E-state index is 0.0231. The van der Waals surface area contributed by atoms with Gasteiger partial charge in [-0.2, -0.15) is 0 Å². The molecule has 0 saturated heterocycles. The topological polar surface area (TPSA) is 74.8 Å². The SMILES string of the molecule is CCOc1ccc(-c2ccnc(C(=O)N(C)C)c2)cc1CN(C(=O)c1sc2c(F)ccc(F)c2c1Cl)C1CCC(NC)CC1. The number of halogens is 3. The van der Waals surface area contributed by atoms with Gasteiger partial charge in [-0.1, -0.05) is 17.7 Å². The zero-order valence-electron chi connectivity index (χ0n) is 25.1. The monoisotopic (exact) mass is 640 g/mol. The standard InChI is InChI=1S/C33H35ClF2N4O3S/c1-5-43-27-13-6-19(20-14-15-38-26(17-20)32(41)39(3)4)16-21(27)18-40(23-9-7-22(37-2)8-10-23)33(42)31-29(34)28-24(35)11-12-25(36)30(28)44-31/h6,11-17,22-23,37H,5,7-10,18H2,1-4H3. The first-order valence-corrected chi connectivity index (χ1v) is 15.8. The van der Waals surface area contributed by atoms with E-state index in [0.717, 1.165) is 65.8 Å². The third kappa shape index (κ3) is 6.43. The Kier molecular flexibility index (Phi) is 9.82. The molecule has 1 aliphatic carbocycles. The van der Waals surface area contributed by atoms with E-state index in [9.17, 15) is 18.4 Å². The molecule has 2 heterocycles. The minimum Gasteiger partial charge on any atom is -0.494 e. The van der Waals surface area contributed by atoms with Crippen molar-refractivity contribution in [3.63, 3.8) is 0 Å². The molecular weight excluding hydrogens is 606 g/mol. The van der Waals surface area contributed by atoms with E-state index in [1.54, 1.807) is 31.3 Å². The predicted octanol–water partition coefficient (Wildman–Crippen LogP) is 7.17. The van der Waals surface area contributed by atoms with Crippen molar-refractivity contribution in [1.29, 1.82) is 0 Å². The van der Waals surface area contributed by atoms with Gasteiger partial charge in [-0.05, 0) is 87.2 Å². The molecule has 2 aromatic heterocycles. The molecule has 2 aromatic carbocycles. The molecule has 1 saturated carbocycles. The molecule has 1 aliphatic rings. The predicted molar refractivity (Wildman–Crippen MR) is 171 cm³/mol. The van der Waals surface area contributed by atoms with Gasteiger partial charge in [-0.25, -0.2) is 8.78 Å². The second kappa shape index (κ2) is 13.6. The fourth-order valence-corrected chi connectivity index (χ4v) is 7.23. The van der Waals surface area contributed by atoms with E-state index >= 15 is 0 Å². The summed E-state index contributed by atoms with van der Waals surface area (Å²) in [6, 6.07) is 11.6. The van der Waals surface area contributed by atoms with Crippen molar-refractivity contribution in [2.24, 2.45) is 0 Å². The van der Waals surface area contributed by atoms with E-state index in [1.165, 1.54) is 4.90 Å². The fraction of sp³-hybridized carbons (Fsp3) is 0.364. The second-order valence-electron chi connectivity index (χ2n) is 11.1. The van der Waals surface area contributed by atoms with Crippen LogP contribution in [-0.2, 0) is 6.54 Å². The number of nitrogens with one attached hydrogen (secondary N) is 1. The molecule has 0 radical (unpaired) electrons. The van der Waals surface area contributed by atoms with E-state index < -0.39 is 11.6 Å². The number of thiophene rings is 1. The molecule has 232 valence electrons. The summed E-state index contributed by atoms with van der Waals surface area (Å²) in [4.78, 5) is 34.5. The van der Waals surface area contributed by atoms with Crippen LogP contribution in [0.25, 0.3) is 21.2 Å². The Labute approximate surface area is 264 Å². The third-order valence-electron chi connectivity index (χ3n) is 8.10. The number of fused-ring (bicyclic) bond motifs is 1. The van der Waals surface area contributed by atoms with Gasteiger partial charge in [0.05, 0.1) is 21.7 Å². The van der Waals surface area contributed by atoms with Gasteiger partial charge in [0.15, 0.2) is 0 Å². The Bertz CT molecular complexity index is 1690. The Morgan fingerprint density at radius 3 is 2.39 bits per heavy atom. The number of carbonyl (C=O) groups excluding carboxylic acids is 2. The van der Waals surface area contributed by atoms with Crippen LogP contribution in [0.15, 0.2) is 48.7 Å². The summed E-state index contributed by atoms with van der Waals surface area (Å²) in [7, 11) is 5.28. The molecular formula is C33H35ClF2N4O3S. The molecule has 7 nitrogen and oxygen atoms in total. The summed E-state index contributed by atoms with van der Waals surface area (Å²) in [5.41, 5.74) is 2.70. The molecule has 0 aliphatic heterocycles. The fourth-order valence-electron chi connectivity index (χ4n) is 5.73. The Morgan fingerprint density at radius 2 is 1.73 bits per heavy atom. The molecule has 2 amide bonds. The van der Waals surface area contributed by atoms with Crippen LogP contribution in [-0.4, -0.2) is 66.4 Å². The summed E-state index contributed by atoms with van der Waals surface area (Å²) in [5, 5.41) is 3.18. The van der Waals surface area contributed by atoms with Gasteiger partial charge in [0.25, 0.3) is 11.8 Å². The molecule has 0 bridgehead atoms. The van der Waals surface area contributed by atoms with Crippen molar-refractivity contribution in [1.82, 2.24) is 20.1 Å². The molecule has 1 fully saturated rings. The van der Waals surface area contributed by atoms with Crippen LogP contribution in [0.4, 0.5) is 8.78 Å². The van der Waals surface area contributed by atoms with Gasteiger partial charge in [-0.15, -0.1) is 11.3 Å². The molecule has 0 spiro atoms. The Hall–Kier alpha value is -3.60. The maximum Gasteiger partial charge on any atom is 0.271 e. The molecule has 44 heavy (non-hydrogen) atoms. The largest absolute Gasteiger partial charge is 0.494 e. The number of pyridine rings is 1. The number of ether oxygens (including phenoxy) is 1. The highest BCUT2D eigenvalue weighted by atomic mass is 35.5. The first-order valence-electron chi connectivity index (χ1n) is 14.6. The van der Waals surface area contributed by atoms with Crippen LogP contribution >= 0.6 is 22.9 Å². The second-order valence-corrected chi connectivity index (χ2v) is 12.5. The van der Waals surface area contributed by atoms with E-state index in [0.29, 0.717) is 24.1 Å². The number of rotatable bonds is 9. The average Bonchev–Trinajstić information content (AvgIpc) is 3.40. The first kappa shape index (κ1) is 31.8. The van der Waals surface area contributed by atoms with Gasteiger partial charge in [0.1, 0.15) is 28.0 Å². The smallest absolute Gasteiger partial charge is 0.271 e. The van der Waals surface area contributed by atoms with Crippen molar-refractivity contribution in [2.75, 3.05) is 27.7 Å². The average molecular weight is 641 g/mol. The lowest BCUT2D eigenvalue weighted by atomic mass is 9.89. The summed E-state index contributed by atoms with van der Waals surface area (Å²) < 4.78 is 35.4. The highest BCUT2D eigenvalue weighted by Gasteiger charge is 2.33. The summed E-state index contributed by atoms with van der Waals surface area (Å²) in [6.07, 6.45) is 4.87. The number of aromatic nitrogens is 1. The van der Waals surface area contributed by atoms with Gasteiger partial charge < -0.3 is 19.9 Å². The first-order chi connectivity index (χ1) is 21.1. The quantitative estimate of drug-likeness (QED) is 0.210. The van der Waals surface area contributed by atoms with E-state index in [2.05, 4.69) is 10.3 Å². The van der Waals surface area contributed by atoms with E-state index in [4.69, 9.17) is 16.3 Å². The number of amides is 2. The molecule has 1 N–H and O–H groups in total. The van der Waals surface area contributed by atoms with Crippen LogP contribution < -0.4 is 10.1 Å². The van der Waals surface area contributed by atoms with Gasteiger partial charge in [0.2, 0.25) is 0 Å². The van der Waals surface area contributed by atoms with Crippen LogP contribution in [0.2, 0.25) is 5.02 Å². The Balaban J connectivity index is 1.57. The van der Waals surface area contributed by atoms with Crippen molar-refractivity contribution in [3.05, 3.63) is 81.5 Å². The minimum atomic E-state index is -0.668. The molecule has 11 heteroatoms. The lowest BCUT2D eigenvalue weighted by Crippen LogP contribution is -2.44. The zero-order chi connectivity index (χ0) is 31.5. The molecule has 4 aromatic rings. The van der Waals surface area contributed by atoms with Crippen molar-refractivity contribution < 1.29 is 23.1 Å². The van der Waals surface area contributed by atoms with Crippen molar-refractivity contribution >= 4 is 44.8 Å². The normalized spacial score (nSPS) is 16.6. The van der Waals surface area contributed by atoms with Gasteiger partial charge >= 0.3 is 0 Å². The van der Waals surface area contributed by atoms with Gasteiger partial charge in [0, 0.05) is 44.5 Å². The number of hydrogen-bond acceptors (Lipinski definition) is 6. The number of hydrogen-bond donors (Lipinski definition) is 1. The number of benzene rings is 2. The van der Waals surface area contributed by atoms with Crippen LogP contribution in [0.3, 0.4) is 0 Å². The lowest BCUT2D eigenvalue weighted by Gasteiger charge is -2.37. The Morgan fingerprint density at radius 1 is 1.02 bits per heavy atom. The molecule has 0 atom stereocenters. The summed E-state index contributed by atoms with van der Waals surface area (Å²) in [6.45, 7) is 2.51. The number of carbonyl (C=O) groups is 2. The van der Waals surface area contributed by atoms with Gasteiger partial charge in [-0.3, -0.25) is 14.6 Å². The van der Waals surface area contributed by atoms with Crippen molar-refractivity contribution in [2.45, 2.75) is 51.2 Å². The third-order valence-corrected chi connectivity index (χ3v) is 9.78. The highest BCUT2D eigenvalue weighted by molar-refractivity contribution is 7.21. The van der Waals surface area contributed by atoms with E-state index in [1.807, 2.05) is 38.2 Å². The maximum atomic E-state index is 14.7. The number of nitrogens with zero attached hydrogens (tertiary/aromatic N) is 3. The lowest BCUT2D eigenvalue weighted by molar-refractivity contribution is 0.0604. The van der Waals surface area contributed by atoms with Crippen molar-refractivity contribution in [3.8, 4) is 16.9 Å². The van der Waals surface area contributed by atoms with Crippen LogP contribution in [0.5, 0.6) is 5.75 Å². The zero-order valence-corrected chi connectivity index (χ0v) is 26.7. The van der Waals surface area contributed by atoms with E-state index in [-0.39, 0.29) is 44.4 Å². The highest BCUT2D eigenvalue weighted by Crippen LogP contribution is 2.40. The summed E-state index contributed by atoms with van der Waals surface area (Å²) in [5.74, 6) is -1.25. The maximum absolute atomic E-state index is 14.7. The molecule has 0 unspecified atom stereocenters. The van der Waals surface area contributed by atoms with Crippen LogP contribution in [0, 0.1) is 11.6 Å². The summed E-state index contributed by atoms with van der Waals surface area (Å²) >= 11 is 7.47. The molecule has 5 rings (SSSR count). The van der Waals surface area contributed by atoms with Crippen LogP contribution in [0.1, 0.15) is 58.3 Å².